The molecule has 0 spiro atoms. The van der Waals surface area contributed by atoms with Crippen LogP contribution in [-0.2, 0) is 14.4 Å². The Hall–Kier alpha value is -3.75. The van der Waals surface area contributed by atoms with Gasteiger partial charge in [0, 0.05) is 22.7 Å². The molecule has 2 saturated heterocycles. The smallest absolute Gasteiger partial charge is 0.269 e. The highest BCUT2D eigenvalue weighted by molar-refractivity contribution is 6.31. The molecule has 34 heavy (non-hydrogen) atoms. The molecule has 5 rings (SSSR count). The number of nitro groups is 1. The van der Waals surface area contributed by atoms with Gasteiger partial charge in [0.15, 0.2) is 6.10 Å². The minimum Gasteiger partial charge on any atom is -0.273 e. The monoisotopic (exact) mass is 477 g/mol. The van der Waals surface area contributed by atoms with Crippen molar-refractivity contribution in [2.75, 3.05) is 9.96 Å². The minimum absolute atomic E-state index is 0.168. The highest BCUT2D eigenvalue weighted by atomic mass is 35.5. The van der Waals surface area contributed by atoms with Gasteiger partial charge in [-0.05, 0) is 43.7 Å². The third-order valence-corrected chi connectivity index (χ3v) is 6.57. The van der Waals surface area contributed by atoms with Gasteiger partial charge in [-0.1, -0.05) is 47.5 Å². The number of halogens is 1. The molecule has 0 radical (unpaired) electrons. The van der Waals surface area contributed by atoms with Gasteiger partial charge in [0.05, 0.1) is 22.3 Å². The molecular weight excluding hydrogens is 458 g/mol. The Morgan fingerprint density at radius 3 is 2.38 bits per heavy atom. The van der Waals surface area contributed by atoms with Gasteiger partial charge in [0.25, 0.3) is 11.6 Å². The summed E-state index contributed by atoms with van der Waals surface area (Å²) in [6, 6.07) is 17.7. The number of non-ortho nitro benzene ring substituents is 1. The summed E-state index contributed by atoms with van der Waals surface area (Å²) in [4.78, 5) is 45.4. The van der Waals surface area contributed by atoms with E-state index < -0.39 is 34.8 Å². The van der Waals surface area contributed by atoms with Gasteiger partial charge in [-0.3, -0.25) is 24.5 Å². The first-order valence-electron chi connectivity index (χ1n) is 10.7. The second-order valence-corrected chi connectivity index (χ2v) is 8.83. The van der Waals surface area contributed by atoms with Crippen molar-refractivity contribution in [2.24, 2.45) is 5.92 Å². The Morgan fingerprint density at radius 1 is 0.971 bits per heavy atom. The normalized spacial score (nSPS) is 21.8. The van der Waals surface area contributed by atoms with E-state index in [-0.39, 0.29) is 10.7 Å². The molecule has 3 aromatic carbocycles. The summed E-state index contributed by atoms with van der Waals surface area (Å²) in [6.45, 7) is 3.77. The number of amides is 2. The van der Waals surface area contributed by atoms with Crippen molar-refractivity contribution in [3.05, 3.63) is 98.6 Å². The number of carbonyl (C=O) groups is 2. The fourth-order valence-corrected chi connectivity index (χ4v) is 4.92. The van der Waals surface area contributed by atoms with Crippen LogP contribution in [0.4, 0.5) is 17.1 Å². The molecule has 0 aliphatic carbocycles. The Labute approximate surface area is 200 Å². The number of imide groups is 1. The molecule has 3 aromatic rings. The number of benzene rings is 3. The van der Waals surface area contributed by atoms with Gasteiger partial charge in [-0.25, -0.2) is 9.96 Å². The predicted octanol–water partition coefficient (Wildman–Crippen LogP) is 4.92. The summed E-state index contributed by atoms with van der Waals surface area (Å²) in [5.41, 5.74) is 3.06. The van der Waals surface area contributed by atoms with E-state index in [1.165, 1.54) is 23.3 Å². The van der Waals surface area contributed by atoms with Crippen molar-refractivity contribution < 1.29 is 19.3 Å². The summed E-state index contributed by atoms with van der Waals surface area (Å²) in [5.74, 6) is -1.85. The lowest BCUT2D eigenvalue weighted by molar-refractivity contribution is -0.384. The zero-order valence-electron chi connectivity index (χ0n) is 18.3. The number of fused-ring (bicyclic) bond motifs is 1. The third kappa shape index (κ3) is 3.43. The lowest BCUT2D eigenvalue weighted by Gasteiger charge is -2.29. The van der Waals surface area contributed by atoms with Crippen LogP contribution in [0.1, 0.15) is 22.7 Å². The maximum Gasteiger partial charge on any atom is 0.269 e. The molecule has 2 amide bonds. The van der Waals surface area contributed by atoms with E-state index in [9.17, 15) is 19.7 Å². The van der Waals surface area contributed by atoms with E-state index in [1.54, 1.807) is 30.3 Å². The molecule has 0 N–H and O–H groups in total. The topological polar surface area (TPSA) is 93.0 Å². The highest BCUT2D eigenvalue weighted by Gasteiger charge is 2.60. The number of hydrogen-bond acceptors (Lipinski definition) is 6. The van der Waals surface area contributed by atoms with E-state index in [0.29, 0.717) is 16.9 Å². The lowest BCUT2D eigenvalue weighted by atomic mass is 9.90. The lowest BCUT2D eigenvalue weighted by Crippen LogP contribution is -2.37. The molecule has 9 heteroatoms. The molecule has 2 heterocycles. The summed E-state index contributed by atoms with van der Waals surface area (Å²) in [5, 5.41) is 13.2. The molecule has 2 aliphatic rings. The van der Waals surface area contributed by atoms with Crippen LogP contribution in [0.2, 0.25) is 5.02 Å². The third-order valence-electron chi connectivity index (χ3n) is 6.23. The number of anilines is 2. The van der Waals surface area contributed by atoms with Crippen molar-refractivity contribution in [1.29, 1.82) is 0 Å². The van der Waals surface area contributed by atoms with Crippen LogP contribution in [0.25, 0.3) is 0 Å². The van der Waals surface area contributed by atoms with Crippen molar-refractivity contribution >= 4 is 40.5 Å². The fraction of sp³-hybridized carbons (Fsp3) is 0.200. The standard InChI is InChI=1S/C25H20ClN3O5/c1-14-8-11-20(15(2)12-14)27-24(30)21-22(18-13-17(29(32)33)9-10-19(18)26)28(34-23(21)25(27)31)16-6-4-3-5-7-16/h3-13,21-23H,1-2H3/t21-,22+,23+/m0/s1. The number of para-hydroxylation sites is 1. The SMILES string of the molecule is Cc1ccc(N2C(=O)[C@H]3[C@@H](c4cc([N+](=O)[O-])ccc4Cl)N(c4ccccc4)O[C@H]3C2=O)c(C)c1. The van der Waals surface area contributed by atoms with Crippen LogP contribution in [0.15, 0.2) is 66.7 Å². The summed E-state index contributed by atoms with van der Waals surface area (Å²) < 4.78 is 0. The van der Waals surface area contributed by atoms with Crippen LogP contribution in [0.5, 0.6) is 0 Å². The molecule has 8 nitrogen and oxygen atoms in total. The van der Waals surface area contributed by atoms with E-state index in [2.05, 4.69) is 0 Å². The van der Waals surface area contributed by atoms with Crippen LogP contribution < -0.4 is 9.96 Å². The number of rotatable bonds is 4. The molecule has 0 saturated carbocycles. The van der Waals surface area contributed by atoms with Gasteiger partial charge in [0.1, 0.15) is 5.92 Å². The maximum atomic E-state index is 13.7. The number of nitro benzene ring substituents is 1. The predicted molar refractivity (Wildman–Crippen MR) is 127 cm³/mol. The number of nitrogens with zero attached hydrogens (tertiary/aromatic N) is 3. The molecule has 0 aromatic heterocycles. The Bertz CT molecular complexity index is 1330. The second-order valence-electron chi connectivity index (χ2n) is 8.42. The summed E-state index contributed by atoms with van der Waals surface area (Å²) in [6.07, 6.45) is -1.09. The Balaban J connectivity index is 1.64. The average molecular weight is 478 g/mol. The Kier molecular flexibility index (Phi) is 5.34. The molecular formula is C25H20ClN3O5. The summed E-state index contributed by atoms with van der Waals surface area (Å²) >= 11 is 6.49. The molecule has 2 fully saturated rings. The van der Waals surface area contributed by atoms with E-state index in [1.807, 2.05) is 32.0 Å². The van der Waals surface area contributed by atoms with Crippen LogP contribution in [-0.4, -0.2) is 22.8 Å². The summed E-state index contributed by atoms with van der Waals surface area (Å²) in [7, 11) is 0. The van der Waals surface area contributed by atoms with Crippen molar-refractivity contribution in [1.82, 2.24) is 0 Å². The number of carbonyl (C=O) groups excluding carboxylic acids is 2. The van der Waals surface area contributed by atoms with E-state index in [4.69, 9.17) is 16.4 Å². The quantitative estimate of drug-likeness (QED) is 0.301. The van der Waals surface area contributed by atoms with Crippen molar-refractivity contribution in [3.8, 4) is 0 Å². The zero-order chi connectivity index (χ0) is 24.1. The van der Waals surface area contributed by atoms with E-state index >= 15 is 0 Å². The first kappa shape index (κ1) is 22.1. The molecule has 2 aliphatic heterocycles. The van der Waals surface area contributed by atoms with Gasteiger partial charge in [-0.15, -0.1) is 0 Å². The van der Waals surface area contributed by atoms with Crippen LogP contribution in [0, 0.1) is 29.9 Å². The minimum atomic E-state index is -1.09. The van der Waals surface area contributed by atoms with Crippen molar-refractivity contribution in [3.63, 3.8) is 0 Å². The molecule has 0 unspecified atom stereocenters. The second kappa shape index (κ2) is 8.23. The van der Waals surface area contributed by atoms with Crippen molar-refractivity contribution in [2.45, 2.75) is 26.0 Å². The first-order valence-corrected chi connectivity index (χ1v) is 11.1. The Morgan fingerprint density at radius 2 is 1.71 bits per heavy atom. The first-order chi connectivity index (χ1) is 16.3. The van der Waals surface area contributed by atoms with E-state index in [0.717, 1.165) is 16.0 Å². The van der Waals surface area contributed by atoms with Crippen LogP contribution >= 0.6 is 11.6 Å². The molecule has 172 valence electrons. The number of aryl methyl sites for hydroxylation is 2. The highest BCUT2D eigenvalue weighted by Crippen LogP contribution is 2.49. The molecule has 3 atom stereocenters. The van der Waals surface area contributed by atoms with Gasteiger partial charge in [0.2, 0.25) is 5.91 Å². The molecule has 0 bridgehead atoms. The zero-order valence-corrected chi connectivity index (χ0v) is 19.1. The number of hydroxylamine groups is 1. The number of hydrogen-bond donors (Lipinski definition) is 0. The van der Waals surface area contributed by atoms with Gasteiger partial charge >= 0.3 is 0 Å². The van der Waals surface area contributed by atoms with Crippen LogP contribution in [0.3, 0.4) is 0 Å². The maximum absolute atomic E-state index is 13.7. The average Bonchev–Trinajstić information content (AvgIpc) is 3.31. The largest absolute Gasteiger partial charge is 0.273 e. The van der Waals surface area contributed by atoms with Gasteiger partial charge in [-0.2, -0.15) is 0 Å². The fourth-order valence-electron chi connectivity index (χ4n) is 4.69. The van der Waals surface area contributed by atoms with Gasteiger partial charge < -0.3 is 0 Å².